The molecule has 3 nitrogen and oxygen atoms in total. The Labute approximate surface area is 178 Å². The predicted octanol–water partition coefficient (Wildman–Crippen LogP) is 6.84. The number of hydrogen-bond donors (Lipinski definition) is 0. The number of nitrogens with zero attached hydrogens (tertiary/aromatic N) is 1. The molecule has 2 heterocycles. The summed E-state index contributed by atoms with van der Waals surface area (Å²) in [5.74, 6) is 0.384. The third-order valence-corrected chi connectivity index (χ3v) is 5.87. The zero-order valence-corrected chi connectivity index (χ0v) is 17.7. The molecule has 1 aliphatic heterocycles. The maximum atomic E-state index is 6.18. The molecule has 0 amide bonds. The average molecular weight is 410 g/mol. The van der Waals surface area contributed by atoms with Crippen LogP contribution in [0.25, 0.3) is 10.9 Å². The lowest BCUT2D eigenvalue weighted by molar-refractivity contribution is -0.0449. The van der Waals surface area contributed by atoms with Crippen LogP contribution < -0.4 is 0 Å². The fourth-order valence-electron chi connectivity index (χ4n) is 4.14. The number of fused-ring (bicyclic) bond motifs is 1. The minimum absolute atomic E-state index is 0.247. The first-order valence-electron chi connectivity index (χ1n) is 10.6. The molecule has 152 valence electrons. The van der Waals surface area contributed by atoms with Crippen molar-refractivity contribution in [1.82, 2.24) is 4.98 Å². The molecule has 4 rings (SSSR count). The van der Waals surface area contributed by atoms with E-state index in [1.165, 1.54) is 24.8 Å². The quantitative estimate of drug-likeness (QED) is 0.381. The van der Waals surface area contributed by atoms with Crippen molar-refractivity contribution >= 4 is 22.5 Å². The highest BCUT2D eigenvalue weighted by atomic mass is 35.5. The van der Waals surface area contributed by atoms with Crippen LogP contribution in [-0.4, -0.2) is 18.2 Å². The first-order chi connectivity index (χ1) is 14.2. The number of halogens is 1. The number of unbranched alkanes of at least 4 members (excludes halogenated alkanes) is 2. The van der Waals surface area contributed by atoms with Gasteiger partial charge in [-0.25, -0.2) is 0 Å². The van der Waals surface area contributed by atoms with Gasteiger partial charge in [0.25, 0.3) is 0 Å². The highest BCUT2D eigenvalue weighted by Gasteiger charge is 2.25. The third-order valence-electron chi connectivity index (χ3n) is 5.64. The summed E-state index contributed by atoms with van der Waals surface area (Å²) in [5.41, 5.74) is 4.54. The summed E-state index contributed by atoms with van der Waals surface area (Å²) in [4.78, 5) is 4.91. The Balaban J connectivity index is 1.64. The van der Waals surface area contributed by atoms with Crippen LogP contribution in [0.5, 0.6) is 0 Å². The molecule has 0 N–H and O–H groups in total. The minimum Gasteiger partial charge on any atom is -0.346 e. The van der Waals surface area contributed by atoms with Gasteiger partial charge in [0, 0.05) is 21.7 Å². The van der Waals surface area contributed by atoms with Crippen LogP contribution in [0.1, 0.15) is 61.6 Å². The molecule has 1 unspecified atom stereocenters. The normalized spacial score (nSPS) is 15.8. The van der Waals surface area contributed by atoms with Crippen molar-refractivity contribution in [2.24, 2.45) is 0 Å². The predicted molar refractivity (Wildman–Crippen MR) is 118 cm³/mol. The molecule has 0 spiro atoms. The van der Waals surface area contributed by atoms with Crippen molar-refractivity contribution in [3.05, 3.63) is 76.4 Å². The highest BCUT2D eigenvalue weighted by molar-refractivity contribution is 6.31. The van der Waals surface area contributed by atoms with Crippen molar-refractivity contribution in [1.29, 1.82) is 0 Å². The molecule has 1 saturated heterocycles. The van der Waals surface area contributed by atoms with Crippen LogP contribution in [0, 0.1) is 0 Å². The Morgan fingerprint density at radius 2 is 1.83 bits per heavy atom. The van der Waals surface area contributed by atoms with Crippen molar-refractivity contribution in [3.63, 3.8) is 0 Å². The first kappa shape index (κ1) is 20.3. The van der Waals surface area contributed by atoms with E-state index in [-0.39, 0.29) is 6.29 Å². The Bertz CT molecular complexity index is 952. The second-order valence-electron chi connectivity index (χ2n) is 7.74. The summed E-state index contributed by atoms with van der Waals surface area (Å²) in [5, 5.41) is 1.84. The van der Waals surface area contributed by atoms with Gasteiger partial charge in [0.1, 0.15) is 0 Å². The number of pyridine rings is 1. The Hall–Kier alpha value is -1.94. The molecule has 0 bridgehead atoms. The monoisotopic (exact) mass is 409 g/mol. The minimum atomic E-state index is -0.247. The van der Waals surface area contributed by atoms with E-state index in [2.05, 4.69) is 43.3 Å². The van der Waals surface area contributed by atoms with E-state index < -0.39 is 0 Å². The number of benzene rings is 2. The summed E-state index contributed by atoms with van der Waals surface area (Å²) in [6.07, 6.45) is 5.46. The zero-order chi connectivity index (χ0) is 20.1. The number of rotatable bonds is 8. The van der Waals surface area contributed by atoms with E-state index in [0.717, 1.165) is 40.0 Å². The van der Waals surface area contributed by atoms with Gasteiger partial charge in [-0.3, -0.25) is 4.98 Å². The van der Waals surface area contributed by atoms with Crippen LogP contribution in [-0.2, 0) is 15.9 Å². The Kier molecular flexibility index (Phi) is 6.81. The summed E-state index contributed by atoms with van der Waals surface area (Å²) < 4.78 is 11.6. The summed E-state index contributed by atoms with van der Waals surface area (Å²) in [6.45, 7) is 3.57. The van der Waals surface area contributed by atoms with Crippen LogP contribution in [0.4, 0.5) is 0 Å². The molecule has 1 aliphatic rings. The molecular formula is C25H28ClNO2. The van der Waals surface area contributed by atoms with Gasteiger partial charge in [-0.1, -0.05) is 74.2 Å². The molecule has 4 heteroatoms. The fraction of sp³-hybridized carbons (Fsp3) is 0.400. The standard InChI is InChI=1S/C25H28ClNO2/c1-2-3-4-7-19(22-8-5-6-9-23(22)25-28-14-15-29-25)16-21-13-11-18-10-12-20(26)17-24(18)27-21/h5-6,8-13,17,19,25H,2-4,7,14-16H2,1H3. The van der Waals surface area contributed by atoms with Gasteiger partial charge in [0.15, 0.2) is 6.29 Å². The molecule has 2 aromatic carbocycles. The molecular weight excluding hydrogens is 382 g/mol. The summed E-state index contributed by atoms with van der Waals surface area (Å²) >= 11 is 6.18. The van der Waals surface area contributed by atoms with E-state index in [4.69, 9.17) is 26.1 Å². The van der Waals surface area contributed by atoms with E-state index >= 15 is 0 Å². The SMILES string of the molecule is CCCCCC(Cc1ccc2ccc(Cl)cc2n1)c1ccccc1C1OCCO1. The van der Waals surface area contributed by atoms with Gasteiger partial charge >= 0.3 is 0 Å². The number of hydrogen-bond acceptors (Lipinski definition) is 3. The van der Waals surface area contributed by atoms with Gasteiger partial charge in [-0.05, 0) is 42.5 Å². The lowest BCUT2D eigenvalue weighted by Gasteiger charge is -2.23. The molecule has 1 atom stereocenters. The van der Waals surface area contributed by atoms with E-state index in [1.54, 1.807) is 0 Å². The first-order valence-corrected chi connectivity index (χ1v) is 11.0. The Morgan fingerprint density at radius 3 is 2.66 bits per heavy atom. The lowest BCUT2D eigenvalue weighted by Crippen LogP contribution is -2.11. The zero-order valence-electron chi connectivity index (χ0n) is 16.9. The van der Waals surface area contributed by atoms with Crippen molar-refractivity contribution in [2.45, 2.75) is 51.2 Å². The second kappa shape index (κ2) is 9.71. The van der Waals surface area contributed by atoms with Crippen molar-refractivity contribution < 1.29 is 9.47 Å². The highest BCUT2D eigenvalue weighted by Crippen LogP contribution is 2.35. The summed E-state index contributed by atoms with van der Waals surface area (Å²) in [7, 11) is 0. The van der Waals surface area contributed by atoms with Gasteiger partial charge in [-0.2, -0.15) is 0 Å². The van der Waals surface area contributed by atoms with Crippen LogP contribution in [0.2, 0.25) is 5.02 Å². The lowest BCUT2D eigenvalue weighted by atomic mass is 9.86. The van der Waals surface area contributed by atoms with Gasteiger partial charge in [-0.15, -0.1) is 0 Å². The number of aromatic nitrogens is 1. The second-order valence-corrected chi connectivity index (χ2v) is 8.18. The fourth-order valence-corrected chi connectivity index (χ4v) is 4.31. The largest absolute Gasteiger partial charge is 0.346 e. The smallest absolute Gasteiger partial charge is 0.184 e. The third kappa shape index (κ3) is 4.98. The molecule has 1 fully saturated rings. The summed E-state index contributed by atoms with van der Waals surface area (Å²) in [6, 6.07) is 18.7. The van der Waals surface area contributed by atoms with Crippen molar-refractivity contribution in [2.75, 3.05) is 13.2 Å². The topological polar surface area (TPSA) is 31.4 Å². The van der Waals surface area contributed by atoms with Crippen LogP contribution in [0.15, 0.2) is 54.6 Å². The van der Waals surface area contributed by atoms with E-state index in [9.17, 15) is 0 Å². The van der Waals surface area contributed by atoms with Crippen molar-refractivity contribution in [3.8, 4) is 0 Å². The molecule has 0 radical (unpaired) electrons. The van der Waals surface area contributed by atoms with Crippen LogP contribution >= 0.6 is 11.6 Å². The molecule has 1 aromatic heterocycles. The number of ether oxygens (including phenoxy) is 2. The maximum Gasteiger partial charge on any atom is 0.184 e. The van der Waals surface area contributed by atoms with Gasteiger partial charge < -0.3 is 9.47 Å². The molecule has 0 aliphatic carbocycles. The van der Waals surface area contributed by atoms with E-state index in [1.807, 2.05) is 18.2 Å². The van der Waals surface area contributed by atoms with E-state index in [0.29, 0.717) is 19.1 Å². The molecule has 29 heavy (non-hydrogen) atoms. The maximum absolute atomic E-state index is 6.18. The average Bonchev–Trinajstić information content (AvgIpc) is 3.28. The van der Waals surface area contributed by atoms with Crippen LogP contribution in [0.3, 0.4) is 0 Å². The molecule has 0 saturated carbocycles. The van der Waals surface area contributed by atoms with Gasteiger partial charge in [0.05, 0.1) is 18.7 Å². The molecule has 3 aromatic rings. The Morgan fingerprint density at radius 1 is 1.03 bits per heavy atom. The van der Waals surface area contributed by atoms with Gasteiger partial charge in [0.2, 0.25) is 0 Å².